The maximum atomic E-state index is 6.65. The predicted octanol–water partition coefficient (Wildman–Crippen LogP) is 3.42. The van der Waals surface area contributed by atoms with E-state index in [0.717, 1.165) is 54.4 Å². The van der Waals surface area contributed by atoms with Crippen LogP contribution in [-0.2, 0) is 0 Å². The highest BCUT2D eigenvalue weighted by molar-refractivity contribution is 5.72. The third kappa shape index (κ3) is 2.94. The largest absolute Gasteiger partial charge is 0.497 e. The van der Waals surface area contributed by atoms with Crippen LogP contribution in [0.4, 0.5) is 0 Å². The number of ether oxygens (including phenoxy) is 3. The Hall–Kier alpha value is -2.70. The van der Waals surface area contributed by atoms with Gasteiger partial charge in [0.25, 0.3) is 0 Å². The number of hydrogen-bond acceptors (Lipinski definition) is 6. The monoisotopic (exact) mass is 393 g/mol. The molecule has 2 aromatic rings. The Bertz CT molecular complexity index is 950. The molecule has 0 saturated carbocycles. The van der Waals surface area contributed by atoms with Crippen molar-refractivity contribution in [2.75, 3.05) is 34.4 Å². The van der Waals surface area contributed by atoms with Crippen LogP contribution in [0.3, 0.4) is 0 Å². The lowest BCUT2D eigenvalue weighted by Gasteiger charge is -2.51. The maximum Gasteiger partial charge on any atom is 0.182 e. The molecule has 3 aliphatic heterocycles. The zero-order chi connectivity index (χ0) is 20.0. The smallest absolute Gasteiger partial charge is 0.182 e. The van der Waals surface area contributed by atoms with Crippen molar-refractivity contribution in [1.29, 1.82) is 0 Å². The molecule has 1 atom stereocenters. The van der Waals surface area contributed by atoms with Crippen LogP contribution in [0.1, 0.15) is 30.0 Å². The first kappa shape index (κ1) is 18.3. The van der Waals surface area contributed by atoms with Crippen LogP contribution >= 0.6 is 0 Å². The quantitative estimate of drug-likeness (QED) is 0.862. The second-order valence-corrected chi connectivity index (χ2v) is 7.96. The zero-order valence-corrected chi connectivity index (χ0v) is 17.1. The molecule has 3 aliphatic rings. The molecule has 1 fully saturated rings. The minimum absolute atomic E-state index is 0.116. The fourth-order valence-corrected chi connectivity index (χ4v) is 4.61. The number of rotatable bonds is 3. The molecule has 5 rings (SSSR count). The first-order valence-electron chi connectivity index (χ1n) is 10.1. The summed E-state index contributed by atoms with van der Waals surface area (Å²) in [4.78, 5) is 2.36. The normalized spacial score (nSPS) is 22.9. The molecule has 152 valence electrons. The first-order chi connectivity index (χ1) is 14.1. The summed E-state index contributed by atoms with van der Waals surface area (Å²) >= 11 is 0. The Morgan fingerprint density at radius 2 is 1.86 bits per heavy atom. The summed E-state index contributed by atoms with van der Waals surface area (Å²) in [7, 11) is 5.53. The van der Waals surface area contributed by atoms with Gasteiger partial charge in [-0.15, -0.1) is 0 Å². The van der Waals surface area contributed by atoms with Gasteiger partial charge in [-0.1, -0.05) is 18.2 Å². The molecule has 1 N–H and O–H groups in total. The number of hydrogen-bond donors (Lipinski definition) is 1. The molecule has 6 nitrogen and oxygen atoms in total. The molecule has 6 heteroatoms. The van der Waals surface area contributed by atoms with Crippen LogP contribution in [0.25, 0.3) is 5.70 Å². The van der Waals surface area contributed by atoms with Crippen molar-refractivity contribution >= 4 is 5.70 Å². The van der Waals surface area contributed by atoms with Crippen molar-refractivity contribution in [2.45, 2.75) is 24.6 Å². The number of likely N-dealkylation sites (tertiary alicyclic amines) is 1. The fraction of sp³-hybridized carbons (Fsp3) is 0.391. The van der Waals surface area contributed by atoms with E-state index in [0.29, 0.717) is 0 Å². The average Bonchev–Trinajstić information content (AvgIpc) is 3.22. The summed E-state index contributed by atoms with van der Waals surface area (Å²) in [6.07, 6.45) is 4.18. The van der Waals surface area contributed by atoms with E-state index in [1.807, 2.05) is 18.2 Å². The maximum absolute atomic E-state index is 6.65. The molecule has 3 heterocycles. The Balaban J connectivity index is 1.57. The number of methoxy groups -OCH3 is 2. The number of para-hydroxylation sites is 1. The van der Waals surface area contributed by atoms with Crippen LogP contribution < -0.4 is 19.6 Å². The number of nitrogens with zero attached hydrogens (tertiary/aromatic N) is 2. The third-order valence-corrected chi connectivity index (χ3v) is 6.29. The van der Waals surface area contributed by atoms with Crippen molar-refractivity contribution < 1.29 is 14.2 Å². The van der Waals surface area contributed by atoms with E-state index in [-0.39, 0.29) is 11.8 Å². The minimum atomic E-state index is -0.358. The molecule has 29 heavy (non-hydrogen) atoms. The molecular weight excluding hydrogens is 366 g/mol. The second kappa shape index (κ2) is 6.97. The first-order valence-corrected chi connectivity index (χ1v) is 10.1. The Labute approximate surface area is 171 Å². The van der Waals surface area contributed by atoms with Crippen LogP contribution in [0.5, 0.6) is 17.2 Å². The standard InChI is InChI=1S/C23H27N3O3/c1-25-12-10-23(11-13-25)26-20(18-6-4-5-7-21(18)29-23)15-19(24-26)17-9-8-16(27-2)14-22(17)28-3/h4-9,14-15,20,24H,10-13H2,1-3H3/t20-/m1/s1. The molecule has 0 aromatic heterocycles. The van der Waals surface area contributed by atoms with Gasteiger partial charge in [0.15, 0.2) is 5.72 Å². The van der Waals surface area contributed by atoms with Gasteiger partial charge >= 0.3 is 0 Å². The number of nitrogens with one attached hydrogen (secondary N) is 1. The second-order valence-electron chi connectivity index (χ2n) is 7.96. The van der Waals surface area contributed by atoms with Crippen molar-refractivity contribution in [3.63, 3.8) is 0 Å². The van der Waals surface area contributed by atoms with Gasteiger partial charge in [-0.3, -0.25) is 0 Å². The van der Waals surface area contributed by atoms with Crippen LogP contribution in [0.2, 0.25) is 0 Å². The van der Waals surface area contributed by atoms with E-state index in [1.54, 1.807) is 14.2 Å². The van der Waals surface area contributed by atoms with Gasteiger partial charge in [0.1, 0.15) is 17.2 Å². The zero-order valence-electron chi connectivity index (χ0n) is 17.1. The molecule has 0 unspecified atom stereocenters. The lowest BCUT2D eigenvalue weighted by Crippen LogP contribution is -2.63. The molecule has 0 aliphatic carbocycles. The van der Waals surface area contributed by atoms with Gasteiger partial charge in [-0.25, -0.2) is 0 Å². The highest BCUT2D eigenvalue weighted by Crippen LogP contribution is 2.49. The molecule has 1 saturated heterocycles. The van der Waals surface area contributed by atoms with Gasteiger partial charge in [-0.05, 0) is 31.3 Å². The Kier molecular flexibility index (Phi) is 4.41. The minimum Gasteiger partial charge on any atom is -0.497 e. The summed E-state index contributed by atoms with van der Waals surface area (Å²) in [5.41, 5.74) is 6.55. The topological polar surface area (TPSA) is 46.2 Å². The number of benzene rings is 2. The Morgan fingerprint density at radius 1 is 1.07 bits per heavy atom. The summed E-state index contributed by atoms with van der Waals surface area (Å²) in [5.74, 6) is 2.55. The van der Waals surface area contributed by atoms with E-state index in [2.05, 4.69) is 52.7 Å². The molecule has 1 spiro atoms. The van der Waals surface area contributed by atoms with E-state index >= 15 is 0 Å². The van der Waals surface area contributed by atoms with Crippen LogP contribution in [0, 0.1) is 0 Å². The molecule has 2 aromatic carbocycles. The highest BCUT2D eigenvalue weighted by Gasteiger charge is 2.51. The van der Waals surface area contributed by atoms with Gasteiger partial charge in [-0.2, -0.15) is 5.01 Å². The van der Waals surface area contributed by atoms with E-state index < -0.39 is 0 Å². The molecule has 0 radical (unpaired) electrons. The van der Waals surface area contributed by atoms with Gasteiger partial charge < -0.3 is 24.5 Å². The summed E-state index contributed by atoms with van der Waals surface area (Å²) < 4.78 is 17.7. The summed E-state index contributed by atoms with van der Waals surface area (Å²) in [5, 5.41) is 2.31. The lowest BCUT2D eigenvalue weighted by atomic mass is 9.93. The van der Waals surface area contributed by atoms with Crippen molar-refractivity contribution in [3.8, 4) is 17.2 Å². The van der Waals surface area contributed by atoms with Gasteiger partial charge in [0, 0.05) is 43.1 Å². The van der Waals surface area contributed by atoms with Crippen molar-refractivity contribution in [3.05, 3.63) is 59.7 Å². The van der Waals surface area contributed by atoms with E-state index in [9.17, 15) is 0 Å². The van der Waals surface area contributed by atoms with Crippen LogP contribution in [0.15, 0.2) is 48.5 Å². The number of piperidine rings is 1. The number of hydrazine groups is 1. The lowest BCUT2D eigenvalue weighted by molar-refractivity contribution is -0.157. The molecule has 0 amide bonds. The van der Waals surface area contributed by atoms with Crippen molar-refractivity contribution in [1.82, 2.24) is 15.3 Å². The van der Waals surface area contributed by atoms with E-state index in [4.69, 9.17) is 14.2 Å². The summed E-state index contributed by atoms with van der Waals surface area (Å²) in [6.45, 7) is 2.02. The average molecular weight is 393 g/mol. The molecule has 0 bridgehead atoms. The summed E-state index contributed by atoms with van der Waals surface area (Å²) in [6, 6.07) is 14.4. The highest BCUT2D eigenvalue weighted by atomic mass is 16.5. The van der Waals surface area contributed by atoms with Gasteiger partial charge in [0.2, 0.25) is 0 Å². The SMILES string of the molecule is COc1ccc(C2=C[C@@H]3c4ccccc4OC4(CCN(C)CC4)N3N2)c(OC)c1. The van der Waals surface area contributed by atoms with Crippen LogP contribution in [-0.4, -0.2) is 50.0 Å². The molecular formula is C23H27N3O3. The number of fused-ring (bicyclic) bond motifs is 4. The van der Waals surface area contributed by atoms with Crippen molar-refractivity contribution in [2.24, 2.45) is 0 Å². The third-order valence-electron chi connectivity index (χ3n) is 6.29. The fourth-order valence-electron chi connectivity index (χ4n) is 4.61. The van der Waals surface area contributed by atoms with E-state index in [1.165, 1.54) is 5.56 Å². The Morgan fingerprint density at radius 3 is 2.62 bits per heavy atom. The van der Waals surface area contributed by atoms with Gasteiger partial charge in [0.05, 0.1) is 26.0 Å². The predicted molar refractivity (Wildman–Crippen MR) is 112 cm³/mol.